The minimum atomic E-state index is -0.141. The zero-order chi connectivity index (χ0) is 20.1. The first-order chi connectivity index (χ1) is 14.2. The first kappa shape index (κ1) is 19.8. The number of piperazine rings is 1. The van der Waals surface area contributed by atoms with Crippen LogP contribution in [0.5, 0.6) is 0 Å². The summed E-state index contributed by atoms with van der Waals surface area (Å²) >= 11 is 0. The zero-order valence-electron chi connectivity index (χ0n) is 17.1. The lowest BCUT2D eigenvalue weighted by Crippen LogP contribution is -2.47. The Balaban J connectivity index is 1.23. The molecule has 29 heavy (non-hydrogen) atoms. The number of amides is 1. The van der Waals surface area contributed by atoms with Gasteiger partial charge in [-0.15, -0.1) is 0 Å². The molecule has 3 heterocycles. The Morgan fingerprint density at radius 2 is 1.93 bits per heavy atom. The molecule has 0 spiro atoms. The lowest BCUT2D eigenvalue weighted by atomic mass is 10.1. The number of nitrogens with zero attached hydrogens (tertiary/aromatic N) is 6. The summed E-state index contributed by atoms with van der Waals surface area (Å²) in [4.78, 5) is 24.0. The van der Waals surface area contributed by atoms with Crippen LogP contribution in [0, 0.1) is 0 Å². The van der Waals surface area contributed by atoms with Gasteiger partial charge in [0, 0.05) is 51.9 Å². The van der Waals surface area contributed by atoms with E-state index in [0.717, 1.165) is 45.0 Å². The molecule has 1 unspecified atom stereocenters. The number of carbonyl (C=O) groups excluding carboxylic acids is 1. The van der Waals surface area contributed by atoms with Crippen molar-refractivity contribution in [3.8, 4) is 0 Å². The molecule has 1 aromatic heterocycles. The number of aromatic nitrogens is 3. The van der Waals surface area contributed by atoms with E-state index < -0.39 is 0 Å². The van der Waals surface area contributed by atoms with Crippen molar-refractivity contribution in [2.45, 2.75) is 18.9 Å². The molecule has 0 radical (unpaired) electrons. The first-order valence-electron chi connectivity index (χ1n) is 10.5. The average Bonchev–Trinajstić information content (AvgIpc) is 3.20. The summed E-state index contributed by atoms with van der Waals surface area (Å²) in [7, 11) is 1.86. The van der Waals surface area contributed by atoms with E-state index in [1.165, 1.54) is 12.0 Å². The number of hydrogen-bond donors (Lipinski definition) is 0. The molecule has 0 bridgehead atoms. The molecule has 8 nitrogen and oxygen atoms in total. The van der Waals surface area contributed by atoms with Crippen LogP contribution in [0.3, 0.4) is 0 Å². The van der Waals surface area contributed by atoms with E-state index in [4.69, 9.17) is 4.74 Å². The molecule has 0 aliphatic carbocycles. The fraction of sp³-hybridized carbons (Fsp3) is 0.571. The van der Waals surface area contributed by atoms with Gasteiger partial charge in [-0.2, -0.15) is 5.10 Å². The summed E-state index contributed by atoms with van der Waals surface area (Å²) in [6.07, 6.45) is 2.97. The highest BCUT2D eigenvalue weighted by atomic mass is 16.5. The smallest absolute Gasteiger partial charge is 0.223 e. The maximum Gasteiger partial charge on any atom is 0.223 e. The zero-order valence-corrected chi connectivity index (χ0v) is 17.1. The molecule has 4 rings (SSSR count). The number of rotatable bonds is 6. The third-order valence-corrected chi connectivity index (χ3v) is 5.85. The van der Waals surface area contributed by atoms with Crippen molar-refractivity contribution < 1.29 is 9.53 Å². The molecule has 156 valence electrons. The first-order valence-corrected chi connectivity index (χ1v) is 10.5. The highest BCUT2D eigenvalue weighted by Crippen LogP contribution is 2.23. The summed E-state index contributed by atoms with van der Waals surface area (Å²) in [5.41, 5.74) is 1.30. The van der Waals surface area contributed by atoms with E-state index in [1.807, 2.05) is 11.9 Å². The maximum absolute atomic E-state index is 12.9. The van der Waals surface area contributed by atoms with Crippen molar-refractivity contribution in [1.29, 1.82) is 0 Å². The third-order valence-electron chi connectivity index (χ3n) is 5.85. The molecule has 2 fully saturated rings. The fourth-order valence-corrected chi connectivity index (χ4v) is 4.19. The van der Waals surface area contributed by atoms with Gasteiger partial charge in [-0.05, 0) is 25.1 Å². The monoisotopic (exact) mass is 398 g/mol. The number of hydrogen-bond acceptors (Lipinski definition) is 6. The van der Waals surface area contributed by atoms with Gasteiger partial charge in [0.15, 0.2) is 5.82 Å². The van der Waals surface area contributed by atoms with Gasteiger partial charge in [0.1, 0.15) is 12.4 Å². The van der Waals surface area contributed by atoms with E-state index in [2.05, 4.69) is 50.2 Å². The van der Waals surface area contributed by atoms with Crippen molar-refractivity contribution >= 4 is 11.6 Å². The molecule has 2 aromatic rings. The normalized spacial score (nSPS) is 20.8. The van der Waals surface area contributed by atoms with Crippen LogP contribution in [0.2, 0.25) is 0 Å². The lowest BCUT2D eigenvalue weighted by molar-refractivity contribution is -0.140. The summed E-state index contributed by atoms with van der Waals surface area (Å²) in [5, 5.41) is 4.14. The van der Waals surface area contributed by atoms with Gasteiger partial charge < -0.3 is 14.5 Å². The minimum Gasteiger partial charge on any atom is -0.377 e. The van der Waals surface area contributed by atoms with Crippen LogP contribution < -0.4 is 4.90 Å². The largest absolute Gasteiger partial charge is 0.377 e. The van der Waals surface area contributed by atoms with Crippen molar-refractivity contribution in [2.75, 3.05) is 57.4 Å². The summed E-state index contributed by atoms with van der Waals surface area (Å²) in [6, 6.07) is 10.4. The molecular weight excluding hydrogens is 368 g/mol. The molecule has 1 atom stereocenters. The maximum atomic E-state index is 12.9. The molecular formula is C21H30N6O2. The van der Waals surface area contributed by atoms with Crippen molar-refractivity contribution in [1.82, 2.24) is 24.6 Å². The molecule has 1 amide bonds. The summed E-state index contributed by atoms with van der Waals surface area (Å²) in [5.74, 6) is 0.972. The molecule has 1 aromatic carbocycles. The van der Waals surface area contributed by atoms with Gasteiger partial charge in [-0.3, -0.25) is 14.4 Å². The Hall–Kier alpha value is -2.45. The molecule has 0 saturated carbocycles. The number of ether oxygens (including phenoxy) is 1. The SMILES string of the molecule is Cn1ncnc1C1COCCN1C(=O)CCCN1CCN(c2ccccc2)CC1. The number of carbonyl (C=O) groups is 1. The molecule has 2 saturated heterocycles. The quantitative estimate of drug-likeness (QED) is 0.731. The number of para-hydroxylation sites is 1. The number of benzene rings is 1. The van der Waals surface area contributed by atoms with Crippen LogP contribution in [-0.2, 0) is 16.6 Å². The van der Waals surface area contributed by atoms with Gasteiger partial charge in [-0.25, -0.2) is 4.98 Å². The Kier molecular flexibility index (Phi) is 6.41. The molecule has 2 aliphatic heterocycles. The Morgan fingerprint density at radius 3 is 2.66 bits per heavy atom. The Morgan fingerprint density at radius 1 is 1.14 bits per heavy atom. The second kappa shape index (κ2) is 9.37. The second-order valence-corrected chi connectivity index (χ2v) is 7.69. The number of anilines is 1. The average molecular weight is 399 g/mol. The lowest BCUT2D eigenvalue weighted by Gasteiger charge is -2.37. The summed E-state index contributed by atoms with van der Waals surface area (Å²) < 4.78 is 7.33. The summed E-state index contributed by atoms with van der Waals surface area (Å²) in [6.45, 7) is 6.82. The standard InChI is InChI=1S/C21H30N6O2/c1-24-21(22-17-23-24)19-16-29-15-14-27(19)20(28)8-5-9-25-10-12-26(13-11-25)18-6-3-2-4-7-18/h2-4,6-7,17,19H,5,8-16H2,1H3. The van der Waals surface area contributed by atoms with Gasteiger partial charge >= 0.3 is 0 Å². The minimum absolute atomic E-state index is 0.141. The second-order valence-electron chi connectivity index (χ2n) is 7.69. The van der Waals surface area contributed by atoms with Gasteiger partial charge in [0.05, 0.1) is 13.2 Å². The highest BCUT2D eigenvalue weighted by Gasteiger charge is 2.31. The van der Waals surface area contributed by atoms with Gasteiger partial charge in [0.2, 0.25) is 5.91 Å². The topological polar surface area (TPSA) is 66.7 Å². The van der Waals surface area contributed by atoms with Gasteiger partial charge in [-0.1, -0.05) is 18.2 Å². The van der Waals surface area contributed by atoms with Crippen LogP contribution in [0.1, 0.15) is 24.7 Å². The van der Waals surface area contributed by atoms with E-state index in [-0.39, 0.29) is 11.9 Å². The van der Waals surface area contributed by atoms with Crippen molar-refractivity contribution in [3.63, 3.8) is 0 Å². The van der Waals surface area contributed by atoms with E-state index in [0.29, 0.717) is 26.2 Å². The predicted octanol–water partition coefficient (Wildman–Crippen LogP) is 1.32. The van der Waals surface area contributed by atoms with Crippen LogP contribution in [-0.4, -0.2) is 83.0 Å². The third kappa shape index (κ3) is 4.76. The van der Waals surface area contributed by atoms with Crippen LogP contribution in [0.15, 0.2) is 36.7 Å². The predicted molar refractivity (Wildman–Crippen MR) is 111 cm³/mol. The fourth-order valence-electron chi connectivity index (χ4n) is 4.19. The van der Waals surface area contributed by atoms with Crippen LogP contribution in [0.25, 0.3) is 0 Å². The van der Waals surface area contributed by atoms with Crippen LogP contribution in [0.4, 0.5) is 5.69 Å². The van der Waals surface area contributed by atoms with Crippen molar-refractivity contribution in [2.24, 2.45) is 7.05 Å². The number of morpholine rings is 1. The Bertz CT molecular complexity index is 787. The van der Waals surface area contributed by atoms with Crippen LogP contribution >= 0.6 is 0 Å². The van der Waals surface area contributed by atoms with E-state index >= 15 is 0 Å². The molecule has 8 heteroatoms. The molecule has 0 N–H and O–H groups in total. The van der Waals surface area contributed by atoms with E-state index in [1.54, 1.807) is 4.68 Å². The Labute approximate surface area is 172 Å². The molecule has 2 aliphatic rings. The number of aryl methyl sites for hydroxylation is 1. The highest BCUT2D eigenvalue weighted by molar-refractivity contribution is 5.76. The van der Waals surface area contributed by atoms with E-state index in [9.17, 15) is 4.79 Å². The van der Waals surface area contributed by atoms with Gasteiger partial charge in [0.25, 0.3) is 0 Å². The van der Waals surface area contributed by atoms with Crippen molar-refractivity contribution in [3.05, 3.63) is 42.5 Å².